The van der Waals surface area contributed by atoms with Crippen molar-refractivity contribution in [2.45, 2.75) is 38.8 Å². The van der Waals surface area contributed by atoms with Crippen molar-refractivity contribution in [1.29, 1.82) is 0 Å². The van der Waals surface area contributed by atoms with Crippen LogP contribution in [0, 0.1) is 11.8 Å². The van der Waals surface area contributed by atoms with Crippen molar-refractivity contribution >= 4 is 17.2 Å². The Hall–Kier alpha value is -0.870. The molecule has 1 aliphatic carbocycles. The van der Waals surface area contributed by atoms with E-state index in [1.807, 2.05) is 0 Å². The van der Waals surface area contributed by atoms with Gasteiger partial charge in [0.25, 0.3) is 0 Å². The average Bonchev–Trinajstić information content (AvgIpc) is 3.03. The number of amides is 1. The average molecular weight is 278 g/mol. The van der Waals surface area contributed by atoms with Crippen LogP contribution in [0.2, 0.25) is 0 Å². The molecule has 3 nitrogen and oxygen atoms in total. The van der Waals surface area contributed by atoms with Crippen LogP contribution in [0.4, 0.5) is 0 Å². The van der Waals surface area contributed by atoms with Gasteiger partial charge in [0, 0.05) is 11.4 Å². The summed E-state index contributed by atoms with van der Waals surface area (Å²) in [4.78, 5) is 15.4. The molecule has 1 aromatic heterocycles. The Bertz CT molecular complexity index is 423. The van der Waals surface area contributed by atoms with Crippen LogP contribution in [0.1, 0.15) is 43.6 Å². The maximum absolute atomic E-state index is 12.1. The summed E-state index contributed by atoms with van der Waals surface area (Å²) in [5, 5.41) is 5.43. The predicted octanol–water partition coefficient (Wildman–Crippen LogP) is 3.00. The van der Waals surface area contributed by atoms with E-state index in [-0.39, 0.29) is 12.1 Å². The molecule has 0 spiro atoms. The Balaban J connectivity index is 1.66. The minimum atomic E-state index is 0.117. The molecule has 19 heavy (non-hydrogen) atoms. The van der Waals surface area contributed by atoms with E-state index in [4.69, 9.17) is 0 Å². The van der Waals surface area contributed by atoms with Crippen molar-refractivity contribution in [3.63, 3.8) is 0 Å². The Morgan fingerprint density at radius 1 is 1.37 bits per heavy atom. The first-order chi connectivity index (χ1) is 9.24. The van der Waals surface area contributed by atoms with Crippen molar-refractivity contribution < 1.29 is 4.79 Å². The lowest BCUT2D eigenvalue weighted by Gasteiger charge is -2.32. The van der Waals surface area contributed by atoms with Gasteiger partial charge in [0.15, 0.2) is 0 Å². The quantitative estimate of drug-likeness (QED) is 0.922. The van der Waals surface area contributed by atoms with Crippen LogP contribution in [0.15, 0.2) is 17.5 Å². The molecular weight excluding hydrogens is 256 g/mol. The summed E-state index contributed by atoms with van der Waals surface area (Å²) in [6, 6.07) is 4.18. The Morgan fingerprint density at radius 3 is 2.84 bits per heavy atom. The molecule has 0 aromatic carbocycles. The summed E-state index contributed by atoms with van der Waals surface area (Å²) in [6.07, 6.45) is 5.32. The highest BCUT2D eigenvalue weighted by Gasteiger charge is 2.34. The molecule has 1 amide bonds. The van der Waals surface area contributed by atoms with Crippen LogP contribution >= 0.6 is 11.3 Å². The highest BCUT2D eigenvalue weighted by molar-refractivity contribution is 7.10. The van der Waals surface area contributed by atoms with E-state index in [9.17, 15) is 4.79 Å². The summed E-state index contributed by atoms with van der Waals surface area (Å²) in [5.74, 6) is 1.83. The third-order valence-corrected chi connectivity index (χ3v) is 5.41. The first-order valence-electron chi connectivity index (χ1n) is 7.30. The normalized spacial score (nSPS) is 31.9. The third-order valence-electron chi connectivity index (χ3n) is 4.48. The topological polar surface area (TPSA) is 32.3 Å². The van der Waals surface area contributed by atoms with Crippen molar-refractivity contribution in [2.75, 3.05) is 13.1 Å². The fourth-order valence-electron chi connectivity index (χ4n) is 3.24. The van der Waals surface area contributed by atoms with Gasteiger partial charge in [-0.15, -0.1) is 11.3 Å². The lowest BCUT2D eigenvalue weighted by atomic mass is 9.83. The molecule has 104 valence electrons. The van der Waals surface area contributed by atoms with Crippen LogP contribution in [0.3, 0.4) is 0 Å². The van der Waals surface area contributed by atoms with Gasteiger partial charge in [0.1, 0.15) is 6.17 Å². The summed E-state index contributed by atoms with van der Waals surface area (Å²) in [6.45, 7) is 3.76. The SMILES string of the molecule is CC1CCC(CN2C(=O)CNC2c2cccs2)CC1. The minimum absolute atomic E-state index is 0.117. The summed E-state index contributed by atoms with van der Waals surface area (Å²) in [5.41, 5.74) is 0. The summed E-state index contributed by atoms with van der Waals surface area (Å²) in [7, 11) is 0. The van der Waals surface area contributed by atoms with E-state index in [2.05, 4.69) is 34.7 Å². The summed E-state index contributed by atoms with van der Waals surface area (Å²) >= 11 is 1.73. The molecule has 2 heterocycles. The van der Waals surface area contributed by atoms with Crippen LogP contribution in [0.5, 0.6) is 0 Å². The highest BCUT2D eigenvalue weighted by atomic mass is 32.1. The predicted molar refractivity (Wildman–Crippen MR) is 77.9 cm³/mol. The molecule has 0 radical (unpaired) electrons. The van der Waals surface area contributed by atoms with Gasteiger partial charge in [-0.2, -0.15) is 0 Å². The number of nitrogens with one attached hydrogen (secondary N) is 1. The Morgan fingerprint density at radius 2 is 2.16 bits per heavy atom. The van der Waals surface area contributed by atoms with Crippen LogP contribution in [0.25, 0.3) is 0 Å². The standard InChI is InChI=1S/C15H22N2OS/c1-11-4-6-12(7-5-11)10-17-14(18)9-16-15(17)13-3-2-8-19-13/h2-3,8,11-12,15-16H,4-7,9-10H2,1H3. The molecule has 2 aliphatic rings. The van der Waals surface area contributed by atoms with E-state index >= 15 is 0 Å². The molecule has 2 fully saturated rings. The van der Waals surface area contributed by atoms with Crippen molar-refractivity contribution in [2.24, 2.45) is 11.8 Å². The maximum Gasteiger partial charge on any atom is 0.238 e. The molecule has 0 bridgehead atoms. The number of carbonyl (C=O) groups is 1. The van der Waals surface area contributed by atoms with E-state index in [1.165, 1.54) is 30.6 Å². The van der Waals surface area contributed by atoms with E-state index in [0.717, 1.165) is 12.5 Å². The number of nitrogens with zero attached hydrogens (tertiary/aromatic N) is 1. The van der Waals surface area contributed by atoms with Gasteiger partial charge in [-0.05, 0) is 36.1 Å². The number of carbonyl (C=O) groups excluding carboxylic acids is 1. The first-order valence-corrected chi connectivity index (χ1v) is 8.18. The van der Waals surface area contributed by atoms with Gasteiger partial charge < -0.3 is 4.90 Å². The van der Waals surface area contributed by atoms with Gasteiger partial charge in [0.05, 0.1) is 6.54 Å². The lowest BCUT2D eigenvalue weighted by Crippen LogP contribution is -2.35. The molecule has 1 atom stereocenters. The third kappa shape index (κ3) is 2.84. The smallest absolute Gasteiger partial charge is 0.238 e. The Labute approximate surface area is 119 Å². The van der Waals surface area contributed by atoms with E-state index in [0.29, 0.717) is 12.5 Å². The summed E-state index contributed by atoms with van der Waals surface area (Å²) < 4.78 is 0. The molecule has 1 N–H and O–H groups in total. The fourth-order valence-corrected chi connectivity index (χ4v) is 4.05. The zero-order valence-electron chi connectivity index (χ0n) is 11.5. The van der Waals surface area contributed by atoms with Crippen LogP contribution in [-0.4, -0.2) is 23.9 Å². The van der Waals surface area contributed by atoms with Crippen LogP contribution < -0.4 is 5.32 Å². The second-order valence-corrected chi connectivity index (χ2v) is 6.95. The zero-order valence-corrected chi connectivity index (χ0v) is 12.3. The molecule has 3 rings (SSSR count). The minimum Gasteiger partial charge on any atom is -0.321 e. The second-order valence-electron chi connectivity index (χ2n) is 5.97. The van der Waals surface area contributed by atoms with E-state index < -0.39 is 0 Å². The van der Waals surface area contributed by atoms with Gasteiger partial charge in [-0.25, -0.2) is 0 Å². The lowest BCUT2D eigenvalue weighted by molar-refractivity contribution is -0.128. The molecule has 1 aromatic rings. The van der Waals surface area contributed by atoms with Gasteiger partial charge in [-0.3, -0.25) is 10.1 Å². The number of hydrogen-bond acceptors (Lipinski definition) is 3. The molecule has 1 saturated carbocycles. The molecule has 1 aliphatic heterocycles. The fraction of sp³-hybridized carbons (Fsp3) is 0.667. The van der Waals surface area contributed by atoms with Gasteiger partial charge >= 0.3 is 0 Å². The first kappa shape index (κ1) is 13.1. The van der Waals surface area contributed by atoms with E-state index in [1.54, 1.807) is 11.3 Å². The Kier molecular flexibility index (Phi) is 3.89. The van der Waals surface area contributed by atoms with Crippen molar-refractivity contribution in [3.05, 3.63) is 22.4 Å². The monoisotopic (exact) mass is 278 g/mol. The largest absolute Gasteiger partial charge is 0.321 e. The highest BCUT2D eigenvalue weighted by Crippen LogP contribution is 2.32. The van der Waals surface area contributed by atoms with Crippen molar-refractivity contribution in [3.8, 4) is 0 Å². The number of thiophene rings is 1. The zero-order chi connectivity index (χ0) is 13.2. The van der Waals surface area contributed by atoms with Crippen LogP contribution in [-0.2, 0) is 4.79 Å². The molecular formula is C15H22N2OS. The maximum atomic E-state index is 12.1. The number of hydrogen-bond donors (Lipinski definition) is 1. The van der Waals surface area contributed by atoms with Gasteiger partial charge in [-0.1, -0.05) is 25.8 Å². The molecule has 4 heteroatoms. The second kappa shape index (κ2) is 5.63. The molecule has 1 unspecified atom stereocenters. The number of rotatable bonds is 3. The van der Waals surface area contributed by atoms with Gasteiger partial charge in [0.2, 0.25) is 5.91 Å². The molecule has 1 saturated heterocycles. The van der Waals surface area contributed by atoms with Crippen molar-refractivity contribution in [1.82, 2.24) is 10.2 Å².